The number of ether oxygens (including phenoxy) is 1. The van der Waals surface area contributed by atoms with Crippen LogP contribution in [0, 0.1) is 0 Å². The minimum atomic E-state index is -1.08. The molecule has 2 atom stereocenters. The smallest absolute Gasteiger partial charge is 0.410 e. The number of likely N-dealkylation sites (tertiary alicyclic amines) is 1. The minimum Gasteiger partial charge on any atom is -0.445 e. The summed E-state index contributed by atoms with van der Waals surface area (Å²) in [6.07, 6.45) is 1.62. The normalized spacial score (nSPS) is 23.9. The van der Waals surface area contributed by atoms with Crippen LogP contribution in [0.4, 0.5) is 9.18 Å². The minimum absolute atomic E-state index is 0.00231. The number of carbonyl (C=O) groups is 2. The summed E-state index contributed by atoms with van der Waals surface area (Å²) in [5.41, 5.74) is 0.524. The Kier molecular flexibility index (Phi) is 5.07. The van der Waals surface area contributed by atoms with E-state index in [-0.39, 0.29) is 25.4 Å². The number of amides is 1. The SMILES string of the molecule is C=CCOC(=O)N1CC(F)C[C@H]1/C=C(\C)C(C)=O. The van der Waals surface area contributed by atoms with Gasteiger partial charge in [0.1, 0.15) is 12.8 Å². The lowest BCUT2D eigenvalue weighted by molar-refractivity contribution is -0.113. The molecule has 1 saturated heterocycles. The monoisotopic (exact) mass is 255 g/mol. The van der Waals surface area contributed by atoms with E-state index in [0.717, 1.165) is 0 Å². The maximum atomic E-state index is 13.4. The molecule has 1 unspecified atom stereocenters. The summed E-state index contributed by atoms with van der Waals surface area (Å²) < 4.78 is 18.3. The molecule has 0 radical (unpaired) electrons. The third-order valence-corrected chi connectivity index (χ3v) is 2.85. The van der Waals surface area contributed by atoms with E-state index in [9.17, 15) is 14.0 Å². The van der Waals surface area contributed by atoms with Crippen molar-refractivity contribution in [2.24, 2.45) is 0 Å². The summed E-state index contributed by atoms with van der Waals surface area (Å²) in [6, 6.07) is -0.416. The molecule has 1 fully saturated rings. The van der Waals surface area contributed by atoms with Gasteiger partial charge < -0.3 is 4.74 Å². The molecule has 0 saturated carbocycles. The van der Waals surface area contributed by atoms with Gasteiger partial charge in [-0.25, -0.2) is 9.18 Å². The Hall–Kier alpha value is -1.65. The van der Waals surface area contributed by atoms with Crippen LogP contribution >= 0.6 is 0 Å². The number of allylic oxidation sites excluding steroid dienone is 1. The van der Waals surface area contributed by atoms with E-state index in [1.165, 1.54) is 17.9 Å². The molecule has 0 aliphatic carbocycles. The Morgan fingerprint density at radius 3 is 2.72 bits per heavy atom. The molecule has 4 nitrogen and oxygen atoms in total. The predicted molar refractivity (Wildman–Crippen MR) is 66.0 cm³/mol. The van der Waals surface area contributed by atoms with Crippen molar-refractivity contribution in [1.29, 1.82) is 0 Å². The van der Waals surface area contributed by atoms with E-state index in [1.807, 2.05) is 0 Å². The molecule has 0 spiro atoms. The van der Waals surface area contributed by atoms with Crippen LogP contribution in [0.1, 0.15) is 20.3 Å². The lowest BCUT2D eigenvalue weighted by atomic mass is 10.1. The average molecular weight is 255 g/mol. The highest BCUT2D eigenvalue weighted by Gasteiger charge is 2.35. The second-order valence-electron chi connectivity index (χ2n) is 4.32. The number of hydrogen-bond acceptors (Lipinski definition) is 3. The van der Waals surface area contributed by atoms with Crippen LogP contribution in [0.3, 0.4) is 0 Å². The Morgan fingerprint density at radius 2 is 2.17 bits per heavy atom. The lowest BCUT2D eigenvalue weighted by Crippen LogP contribution is -2.35. The van der Waals surface area contributed by atoms with E-state index in [0.29, 0.717) is 5.57 Å². The first-order valence-electron chi connectivity index (χ1n) is 5.83. The summed E-state index contributed by atoms with van der Waals surface area (Å²) in [5, 5.41) is 0. The Labute approximate surface area is 106 Å². The zero-order valence-electron chi connectivity index (χ0n) is 10.7. The molecule has 1 heterocycles. The Morgan fingerprint density at radius 1 is 1.50 bits per heavy atom. The number of ketones is 1. The van der Waals surface area contributed by atoms with Crippen molar-refractivity contribution in [2.75, 3.05) is 13.2 Å². The van der Waals surface area contributed by atoms with Gasteiger partial charge in [-0.15, -0.1) is 0 Å². The van der Waals surface area contributed by atoms with Crippen LogP contribution in [0.5, 0.6) is 0 Å². The summed E-state index contributed by atoms with van der Waals surface area (Å²) in [5.74, 6) is -0.0864. The quantitative estimate of drug-likeness (QED) is 0.572. The number of rotatable bonds is 4. The molecule has 0 aromatic carbocycles. The van der Waals surface area contributed by atoms with Crippen molar-refractivity contribution in [3.8, 4) is 0 Å². The molecule has 0 N–H and O–H groups in total. The molecule has 0 aromatic rings. The van der Waals surface area contributed by atoms with Crippen LogP contribution in [0.15, 0.2) is 24.3 Å². The molecular weight excluding hydrogens is 237 g/mol. The Balaban J connectivity index is 2.76. The second-order valence-corrected chi connectivity index (χ2v) is 4.32. The molecule has 1 rings (SSSR count). The van der Waals surface area contributed by atoms with E-state index in [1.54, 1.807) is 13.0 Å². The number of alkyl halides is 1. The second kappa shape index (κ2) is 6.33. The number of halogens is 1. The third-order valence-electron chi connectivity index (χ3n) is 2.85. The van der Waals surface area contributed by atoms with Crippen molar-refractivity contribution in [3.05, 3.63) is 24.3 Å². The zero-order chi connectivity index (χ0) is 13.7. The number of hydrogen-bond donors (Lipinski definition) is 0. The van der Waals surface area contributed by atoms with Crippen LogP contribution in [-0.4, -0.2) is 42.1 Å². The third kappa shape index (κ3) is 3.68. The number of Topliss-reactive ketones (excluding diaryl/α,β-unsaturated/α-hetero) is 1. The van der Waals surface area contributed by atoms with Gasteiger partial charge in [0, 0.05) is 6.42 Å². The maximum Gasteiger partial charge on any atom is 0.410 e. The highest BCUT2D eigenvalue weighted by Crippen LogP contribution is 2.23. The van der Waals surface area contributed by atoms with Gasteiger partial charge in [0.15, 0.2) is 5.78 Å². The summed E-state index contributed by atoms with van der Waals surface area (Å²) in [4.78, 5) is 24.1. The fraction of sp³-hybridized carbons (Fsp3) is 0.538. The number of nitrogens with zero attached hydrogens (tertiary/aromatic N) is 1. The molecule has 5 heteroatoms. The first kappa shape index (κ1) is 14.4. The first-order chi connectivity index (χ1) is 8.45. The van der Waals surface area contributed by atoms with Gasteiger partial charge in [-0.2, -0.15) is 0 Å². The van der Waals surface area contributed by atoms with Crippen LogP contribution < -0.4 is 0 Å². The zero-order valence-corrected chi connectivity index (χ0v) is 10.7. The van der Waals surface area contributed by atoms with Crippen LogP contribution in [0.2, 0.25) is 0 Å². The van der Waals surface area contributed by atoms with E-state index in [4.69, 9.17) is 4.74 Å². The van der Waals surface area contributed by atoms with Crippen molar-refractivity contribution >= 4 is 11.9 Å². The van der Waals surface area contributed by atoms with Crippen LogP contribution in [0.25, 0.3) is 0 Å². The summed E-state index contributed by atoms with van der Waals surface area (Å²) in [7, 11) is 0. The highest BCUT2D eigenvalue weighted by molar-refractivity contribution is 5.92. The summed E-state index contributed by atoms with van der Waals surface area (Å²) >= 11 is 0. The van der Waals surface area contributed by atoms with Crippen molar-refractivity contribution in [2.45, 2.75) is 32.5 Å². The molecule has 18 heavy (non-hydrogen) atoms. The van der Waals surface area contributed by atoms with Gasteiger partial charge in [0.2, 0.25) is 0 Å². The number of carbonyl (C=O) groups excluding carboxylic acids is 2. The molecular formula is C13H18FNO3. The van der Waals surface area contributed by atoms with E-state index >= 15 is 0 Å². The topological polar surface area (TPSA) is 46.6 Å². The van der Waals surface area contributed by atoms with Crippen molar-refractivity contribution < 1.29 is 18.7 Å². The largest absolute Gasteiger partial charge is 0.445 e. The lowest BCUT2D eigenvalue weighted by Gasteiger charge is -2.21. The first-order valence-corrected chi connectivity index (χ1v) is 5.83. The van der Waals surface area contributed by atoms with Crippen molar-refractivity contribution in [1.82, 2.24) is 4.90 Å². The average Bonchev–Trinajstić information content (AvgIpc) is 2.67. The standard InChI is InChI=1S/C13H18FNO3/c1-4-5-18-13(17)15-8-11(14)7-12(15)6-9(2)10(3)16/h4,6,11-12H,1,5,7-8H2,2-3H3/b9-6+/t11?,12-/m1/s1. The van der Waals surface area contributed by atoms with Crippen LogP contribution in [-0.2, 0) is 9.53 Å². The van der Waals surface area contributed by atoms with Gasteiger partial charge in [-0.1, -0.05) is 18.7 Å². The van der Waals surface area contributed by atoms with Gasteiger partial charge in [0.05, 0.1) is 12.6 Å². The van der Waals surface area contributed by atoms with E-state index < -0.39 is 18.3 Å². The fourth-order valence-corrected chi connectivity index (χ4v) is 1.80. The van der Waals surface area contributed by atoms with Crippen molar-refractivity contribution in [3.63, 3.8) is 0 Å². The molecule has 0 aromatic heterocycles. The molecule has 1 amide bonds. The fourth-order valence-electron chi connectivity index (χ4n) is 1.80. The van der Waals surface area contributed by atoms with Gasteiger partial charge in [-0.05, 0) is 19.4 Å². The molecule has 1 aliphatic rings. The maximum absolute atomic E-state index is 13.4. The predicted octanol–water partition coefficient (Wildman–Crippen LogP) is 2.26. The molecule has 0 bridgehead atoms. The van der Waals surface area contributed by atoms with Gasteiger partial charge in [0.25, 0.3) is 0 Å². The Bertz CT molecular complexity index is 378. The van der Waals surface area contributed by atoms with Gasteiger partial charge in [-0.3, -0.25) is 9.69 Å². The highest BCUT2D eigenvalue weighted by atomic mass is 19.1. The van der Waals surface area contributed by atoms with E-state index in [2.05, 4.69) is 6.58 Å². The molecule has 100 valence electrons. The van der Waals surface area contributed by atoms with Gasteiger partial charge >= 0.3 is 6.09 Å². The summed E-state index contributed by atoms with van der Waals surface area (Å²) in [6.45, 7) is 6.62. The molecule has 1 aliphatic heterocycles.